The van der Waals surface area contributed by atoms with E-state index in [4.69, 9.17) is 4.74 Å². The molecule has 0 saturated heterocycles. The Labute approximate surface area is 193 Å². The monoisotopic (exact) mass is 462 g/mol. The number of allylic oxidation sites excluding steroid dienone is 1. The number of pyridine rings is 1. The van der Waals surface area contributed by atoms with Gasteiger partial charge in [-0.2, -0.15) is 0 Å². The number of carbonyl (C=O) groups is 4. The highest BCUT2D eigenvalue weighted by Gasteiger charge is 2.20. The van der Waals surface area contributed by atoms with Gasteiger partial charge in [0.2, 0.25) is 17.7 Å². The van der Waals surface area contributed by atoms with Crippen LogP contribution in [-0.2, 0) is 30.5 Å². The van der Waals surface area contributed by atoms with E-state index in [1.54, 1.807) is 19.1 Å². The van der Waals surface area contributed by atoms with Crippen LogP contribution in [0.5, 0.6) is 0 Å². The zero-order valence-corrected chi connectivity index (χ0v) is 19.7. The molecular weight excluding hydrogens is 428 g/mol. The summed E-state index contributed by atoms with van der Waals surface area (Å²) in [5.74, 6) is -1.45. The Morgan fingerprint density at radius 1 is 1.21 bits per heavy atom. The first-order chi connectivity index (χ1) is 15.7. The molecule has 3 amide bonds. The van der Waals surface area contributed by atoms with Crippen LogP contribution in [-0.4, -0.2) is 47.5 Å². The van der Waals surface area contributed by atoms with E-state index in [1.165, 1.54) is 29.8 Å². The van der Waals surface area contributed by atoms with Crippen molar-refractivity contribution in [2.45, 2.75) is 59.5 Å². The highest BCUT2D eigenvalue weighted by atomic mass is 16.5. The molecule has 1 heterocycles. The second kappa shape index (κ2) is 14.6. The molecule has 10 nitrogen and oxygen atoms in total. The molecule has 0 aliphatic rings. The van der Waals surface area contributed by atoms with E-state index < -0.39 is 29.4 Å². The number of aromatic nitrogens is 1. The summed E-state index contributed by atoms with van der Waals surface area (Å²) in [6, 6.07) is 2.06. The maximum atomic E-state index is 12.7. The lowest BCUT2D eigenvalue weighted by atomic mass is 10.1. The Morgan fingerprint density at radius 2 is 1.94 bits per heavy atom. The normalized spacial score (nSPS) is 12.6. The van der Waals surface area contributed by atoms with Crippen LogP contribution in [0.2, 0.25) is 0 Å². The van der Waals surface area contributed by atoms with E-state index in [9.17, 15) is 24.0 Å². The van der Waals surface area contributed by atoms with Gasteiger partial charge < -0.3 is 25.3 Å². The van der Waals surface area contributed by atoms with E-state index in [0.717, 1.165) is 6.42 Å². The van der Waals surface area contributed by atoms with E-state index in [-0.39, 0.29) is 31.2 Å². The van der Waals surface area contributed by atoms with Crippen LogP contribution >= 0.6 is 0 Å². The SMILES string of the molecule is CCOC(=O)C=CCCC(NC(C)=O)C(=O)Nc1cccn(CC(=O)NCC(C)CC)c1=O. The van der Waals surface area contributed by atoms with Crippen molar-refractivity contribution in [2.24, 2.45) is 5.92 Å². The average Bonchev–Trinajstić information content (AvgIpc) is 2.76. The van der Waals surface area contributed by atoms with Crippen LogP contribution in [0.1, 0.15) is 47.0 Å². The quantitative estimate of drug-likeness (QED) is 0.299. The van der Waals surface area contributed by atoms with Crippen molar-refractivity contribution < 1.29 is 23.9 Å². The summed E-state index contributed by atoms with van der Waals surface area (Å²) in [7, 11) is 0. The molecule has 0 saturated carbocycles. The van der Waals surface area contributed by atoms with Crippen LogP contribution in [0.3, 0.4) is 0 Å². The standard InChI is InChI=1S/C23H34N4O6/c1-5-16(3)14-24-20(29)15-27-13-9-11-19(23(27)32)26-22(31)18(25-17(4)28)10-7-8-12-21(30)33-6-2/h8-9,11-13,16,18H,5-7,10,14-15H2,1-4H3,(H,24,29)(H,25,28)(H,26,31). The summed E-state index contributed by atoms with van der Waals surface area (Å²) in [5, 5.41) is 7.84. The molecule has 0 aromatic carbocycles. The first kappa shape index (κ1) is 27.6. The molecule has 0 bridgehead atoms. The molecule has 1 aromatic rings. The topological polar surface area (TPSA) is 136 Å². The van der Waals surface area contributed by atoms with E-state index >= 15 is 0 Å². The van der Waals surface area contributed by atoms with Gasteiger partial charge in [0.05, 0.1) is 6.61 Å². The molecule has 2 atom stereocenters. The number of amides is 3. The summed E-state index contributed by atoms with van der Waals surface area (Å²) < 4.78 is 5.99. The zero-order valence-electron chi connectivity index (χ0n) is 19.7. The van der Waals surface area contributed by atoms with Crippen LogP contribution in [0.25, 0.3) is 0 Å². The molecule has 10 heteroatoms. The van der Waals surface area contributed by atoms with Gasteiger partial charge in [-0.25, -0.2) is 4.79 Å². The summed E-state index contributed by atoms with van der Waals surface area (Å²) in [6.45, 7) is 7.62. The number of ether oxygens (including phenoxy) is 1. The van der Waals surface area contributed by atoms with E-state index in [1.807, 2.05) is 13.8 Å². The third kappa shape index (κ3) is 10.6. The summed E-state index contributed by atoms with van der Waals surface area (Å²) in [6.07, 6.45) is 5.73. The van der Waals surface area contributed by atoms with Crippen molar-refractivity contribution in [2.75, 3.05) is 18.5 Å². The average molecular weight is 463 g/mol. The molecule has 33 heavy (non-hydrogen) atoms. The van der Waals surface area contributed by atoms with Gasteiger partial charge >= 0.3 is 5.97 Å². The summed E-state index contributed by atoms with van der Waals surface area (Å²) in [4.78, 5) is 60.4. The number of carbonyl (C=O) groups excluding carboxylic acids is 4. The maximum absolute atomic E-state index is 12.7. The second-order valence-electron chi connectivity index (χ2n) is 7.65. The van der Waals surface area contributed by atoms with Crippen molar-refractivity contribution in [1.29, 1.82) is 0 Å². The predicted molar refractivity (Wildman–Crippen MR) is 124 cm³/mol. The minimum Gasteiger partial charge on any atom is -0.463 e. The molecule has 0 aliphatic heterocycles. The van der Waals surface area contributed by atoms with Gasteiger partial charge in [0.15, 0.2) is 0 Å². The van der Waals surface area contributed by atoms with Crippen LogP contribution in [0.4, 0.5) is 5.69 Å². The van der Waals surface area contributed by atoms with Crippen LogP contribution in [0, 0.1) is 5.92 Å². The fraction of sp³-hybridized carbons (Fsp3) is 0.522. The highest BCUT2D eigenvalue weighted by molar-refractivity contribution is 5.96. The number of anilines is 1. The Hall–Kier alpha value is -3.43. The molecule has 0 fully saturated rings. The first-order valence-electron chi connectivity index (χ1n) is 11.0. The molecule has 2 unspecified atom stereocenters. The van der Waals surface area contributed by atoms with Gasteiger partial charge in [-0.15, -0.1) is 0 Å². The lowest BCUT2D eigenvalue weighted by Gasteiger charge is -2.17. The lowest BCUT2D eigenvalue weighted by molar-refractivity contribution is -0.137. The fourth-order valence-electron chi connectivity index (χ4n) is 2.77. The third-order valence-electron chi connectivity index (χ3n) is 4.79. The van der Waals surface area contributed by atoms with Gasteiger partial charge in [0, 0.05) is 25.7 Å². The van der Waals surface area contributed by atoms with Crippen molar-refractivity contribution in [3.8, 4) is 0 Å². The highest BCUT2D eigenvalue weighted by Crippen LogP contribution is 2.05. The van der Waals surface area contributed by atoms with Crippen LogP contribution in [0.15, 0.2) is 35.3 Å². The third-order valence-corrected chi connectivity index (χ3v) is 4.79. The Balaban J connectivity index is 2.81. The van der Waals surface area contributed by atoms with E-state index in [2.05, 4.69) is 16.0 Å². The number of nitrogens with one attached hydrogen (secondary N) is 3. The molecule has 0 spiro atoms. The first-order valence-corrected chi connectivity index (χ1v) is 11.0. The second-order valence-corrected chi connectivity index (χ2v) is 7.65. The number of rotatable bonds is 13. The molecule has 1 rings (SSSR count). The van der Waals surface area contributed by atoms with Gasteiger partial charge in [0.25, 0.3) is 5.56 Å². The zero-order chi connectivity index (χ0) is 24.8. The maximum Gasteiger partial charge on any atom is 0.330 e. The minimum atomic E-state index is -0.916. The van der Waals surface area contributed by atoms with Gasteiger partial charge in [-0.05, 0) is 37.8 Å². The van der Waals surface area contributed by atoms with Gasteiger partial charge in [0.1, 0.15) is 18.3 Å². The summed E-state index contributed by atoms with van der Waals surface area (Å²) in [5.41, 5.74) is -0.539. The molecule has 0 aliphatic carbocycles. The predicted octanol–water partition coefficient (Wildman–Crippen LogP) is 1.35. The smallest absolute Gasteiger partial charge is 0.330 e. The summed E-state index contributed by atoms with van der Waals surface area (Å²) >= 11 is 0. The van der Waals surface area contributed by atoms with Crippen LogP contribution < -0.4 is 21.5 Å². The molecule has 3 N–H and O–H groups in total. The van der Waals surface area contributed by atoms with Crippen molar-refractivity contribution >= 4 is 29.4 Å². The number of hydrogen-bond donors (Lipinski definition) is 3. The number of esters is 1. The van der Waals surface area contributed by atoms with Crippen molar-refractivity contribution in [3.05, 3.63) is 40.8 Å². The Kier molecular flexibility index (Phi) is 12.2. The van der Waals surface area contributed by atoms with Gasteiger partial charge in [-0.3, -0.25) is 19.2 Å². The number of hydrogen-bond acceptors (Lipinski definition) is 6. The van der Waals surface area contributed by atoms with Crippen molar-refractivity contribution in [1.82, 2.24) is 15.2 Å². The Bertz CT molecular complexity index is 908. The Morgan fingerprint density at radius 3 is 2.58 bits per heavy atom. The fourth-order valence-corrected chi connectivity index (χ4v) is 2.77. The largest absolute Gasteiger partial charge is 0.463 e. The van der Waals surface area contributed by atoms with Crippen molar-refractivity contribution in [3.63, 3.8) is 0 Å². The molecule has 0 radical (unpaired) electrons. The lowest BCUT2D eigenvalue weighted by Crippen LogP contribution is -2.44. The molecule has 182 valence electrons. The minimum absolute atomic E-state index is 0.00496. The molecule has 1 aromatic heterocycles. The molecular formula is C23H34N4O6. The van der Waals surface area contributed by atoms with Gasteiger partial charge in [-0.1, -0.05) is 26.3 Å². The van der Waals surface area contributed by atoms with E-state index in [0.29, 0.717) is 18.9 Å². The number of nitrogens with zero attached hydrogens (tertiary/aromatic N) is 1.